The zero-order chi connectivity index (χ0) is 12.0. The lowest BCUT2D eigenvalue weighted by Gasteiger charge is -2.10. The number of hydrogen-bond donors (Lipinski definition) is 1. The summed E-state index contributed by atoms with van der Waals surface area (Å²) in [6, 6.07) is 3.88. The van der Waals surface area contributed by atoms with Crippen molar-refractivity contribution in [2.75, 3.05) is 20.3 Å². The van der Waals surface area contributed by atoms with Gasteiger partial charge in [-0.25, -0.2) is 0 Å². The quantitative estimate of drug-likeness (QED) is 0.730. The van der Waals surface area contributed by atoms with Crippen molar-refractivity contribution < 1.29 is 4.74 Å². The Morgan fingerprint density at radius 2 is 2.19 bits per heavy atom. The van der Waals surface area contributed by atoms with Crippen LogP contribution < -0.4 is 10.9 Å². The number of nitrogens with zero attached hydrogens (tertiary/aromatic N) is 1. The third-order valence-electron chi connectivity index (χ3n) is 2.59. The van der Waals surface area contributed by atoms with Gasteiger partial charge >= 0.3 is 0 Å². The average molecular weight is 224 g/mol. The van der Waals surface area contributed by atoms with Gasteiger partial charge in [0.25, 0.3) is 5.56 Å². The zero-order valence-electron chi connectivity index (χ0n) is 10.2. The second-order valence-corrected chi connectivity index (χ2v) is 3.72. The largest absolute Gasteiger partial charge is 0.383 e. The first kappa shape index (κ1) is 12.9. The van der Waals surface area contributed by atoms with E-state index in [-0.39, 0.29) is 5.56 Å². The SMILES string of the molecule is CCn1c(C)ccc(CNCCOC)c1=O. The molecule has 16 heavy (non-hydrogen) atoms. The molecular weight excluding hydrogens is 204 g/mol. The molecule has 0 unspecified atom stereocenters. The maximum atomic E-state index is 12.0. The van der Waals surface area contributed by atoms with Crippen LogP contribution in [-0.4, -0.2) is 24.8 Å². The highest BCUT2D eigenvalue weighted by Crippen LogP contribution is 1.98. The minimum Gasteiger partial charge on any atom is -0.383 e. The summed E-state index contributed by atoms with van der Waals surface area (Å²) in [5.74, 6) is 0. The second-order valence-electron chi connectivity index (χ2n) is 3.72. The molecule has 0 saturated heterocycles. The van der Waals surface area contributed by atoms with Gasteiger partial charge in [0.15, 0.2) is 0 Å². The van der Waals surface area contributed by atoms with Crippen molar-refractivity contribution in [1.82, 2.24) is 9.88 Å². The number of methoxy groups -OCH3 is 1. The number of aromatic nitrogens is 1. The summed E-state index contributed by atoms with van der Waals surface area (Å²) in [6.07, 6.45) is 0. The molecule has 0 aliphatic heterocycles. The number of nitrogens with one attached hydrogen (secondary N) is 1. The first-order valence-electron chi connectivity index (χ1n) is 5.59. The number of rotatable bonds is 6. The maximum absolute atomic E-state index is 12.0. The van der Waals surface area contributed by atoms with E-state index in [2.05, 4.69) is 5.32 Å². The summed E-state index contributed by atoms with van der Waals surface area (Å²) in [5, 5.41) is 3.18. The van der Waals surface area contributed by atoms with Gasteiger partial charge in [0.05, 0.1) is 6.61 Å². The molecule has 1 heterocycles. The van der Waals surface area contributed by atoms with Gasteiger partial charge in [0.1, 0.15) is 0 Å². The van der Waals surface area contributed by atoms with Gasteiger partial charge in [-0.2, -0.15) is 0 Å². The minimum atomic E-state index is 0.104. The lowest BCUT2D eigenvalue weighted by atomic mass is 10.2. The van der Waals surface area contributed by atoms with Gasteiger partial charge in [-0.15, -0.1) is 0 Å². The van der Waals surface area contributed by atoms with Crippen molar-refractivity contribution >= 4 is 0 Å². The van der Waals surface area contributed by atoms with E-state index in [0.29, 0.717) is 13.2 Å². The van der Waals surface area contributed by atoms with Crippen LogP contribution in [0.4, 0.5) is 0 Å². The summed E-state index contributed by atoms with van der Waals surface area (Å²) >= 11 is 0. The molecule has 0 bridgehead atoms. The monoisotopic (exact) mass is 224 g/mol. The smallest absolute Gasteiger partial charge is 0.255 e. The van der Waals surface area contributed by atoms with E-state index in [1.807, 2.05) is 26.0 Å². The molecule has 1 aromatic heterocycles. The molecule has 4 heteroatoms. The van der Waals surface area contributed by atoms with Gasteiger partial charge in [-0.05, 0) is 19.9 Å². The molecule has 0 aliphatic rings. The fraction of sp³-hybridized carbons (Fsp3) is 0.583. The van der Waals surface area contributed by atoms with E-state index in [0.717, 1.165) is 24.3 Å². The third-order valence-corrected chi connectivity index (χ3v) is 2.59. The van der Waals surface area contributed by atoms with Gasteiger partial charge in [-0.3, -0.25) is 4.79 Å². The number of hydrogen-bond acceptors (Lipinski definition) is 3. The van der Waals surface area contributed by atoms with E-state index in [4.69, 9.17) is 4.74 Å². The van der Waals surface area contributed by atoms with E-state index >= 15 is 0 Å². The van der Waals surface area contributed by atoms with E-state index < -0.39 is 0 Å². The topological polar surface area (TPSA) is 43.3 Å². The predicted octanol–water partition coefficient (Wildman–Crippen LogP) is 0.913. The van der Waals surface area contributed by atoms with Crippen molar-refractivity contribution in [3.05, 3.63) is 33.7 Å². The summed E-state index contributed by atoms with van der Waals surface area (Å²) < 4.78 is 6.71. The van der Waals surface area contributed by atoms with Gasteiger partial charge in [0.2, 0.25) is 0 Å². The fourth-order valence-corrected chi connectivity index (χ4v) is 1.64. The summed E-state index contributed by atoms with van der Waals surface area (Å²) in [7, 11) is 1.66. The van der Waals surface area contributed by atoms with Crippen LogP contribution in [0.2, 0.25) is 0 Å². The second kappa shape index (κ2) is 6.45. The number of ether oxygens (including phenoxy) is 1. The van der Waals surface area contributed by atoms with Crippen LogP contribution in [0.3, 0.4) is 0 Å². The summed E-state index contributed by atoms with van der Waals surface area (Å²) in [5.41, 5.74) is 1.92. The highest BCUT2D eigenvalue weighted by molar-refractivity contribution is 5.15. The third kappa shape index (κ3) is 3.18. The number of pyridine rings is 1. The summed E-state index contributed by atoms with van der Waals surface area (Å²) in [4.78, 5) is 12.0. The normalized spacial score (nSPS) is 10.7. The molecule has 1 N–H and O–H groups in total. The summed E-state index contributed by atoms with van der Waals surface area (Å²) in [6.45, 7) is 6.67. The Balaban J connectivity index is 2.70. The highest BCUT2D eigenvalue weighted by Gasteiger charge is 2.03. The zero-order valence-corrected chi connectivity index (χ0v) is 10.2. The molecule has 0 atom stereocenters. The lowest BCUT2D eigenvalue weighted by Crippen LogP contribution is -2.29. The molecule has 0 aliphatic carbocycles. The molecular formula is C12H20N2O2. The van der Waals surface area contributed by atoms with Crippen LogP contribution in [0.1, 0.15) is 18.2 Å². The molecule has 0 aromatic carbocycles. The van der Waals surface area contributed by atoms with Crippen LogP contribution in [0.15, 0.2) is 16.9 Å². The average Bonchev–Trinajstić information content (AvgIpc) is 2.28. The van der Waals surface area contributed by atoms with Crippen LogP contribution >= 0.6 is 0 Å². The van der Waals surface area contributed by atoms with Crippen LogP contribution in [0.5, 0.6) is 0 Å². The van der Waals surface area contributed by atoms with Crippen molar-refractivity contribution in [2.45, 2.75) is 26.9 Å². The van der Waals surface area contributed by atoms with E-state index in [1.54, 1.807) is 11.7 Å². The fourth-order valence-electron chi connectivity index (χ4n) is 1.64. The molecule has 0 radical (unpaired) electrons. The Hall–Kier alpha value is -1.13. The van der Waals surface area contributed by atoms with Crippen molar-refractivity contribution in [3.8, 4) is 0 Å². The van der Waals surface area contributed by atoms with Crippen molar-refractivity contribution in [1.29, 1.82) is 0 Å². The van der Waals surface area contributed by atoms with E-state index in [9.17, 15) is 4.79 Å². The molecule has 1 rings (SSSR count). The standard InChI is InChI=1S/C12H20N2O2/c1-4-14-10(2)5-6-11(12(14)15)9-13-7-8-16-3/h5-6,13H,4,7-9H2,1-3H3. The van der Waals surface area contributed by atoms with Gasteiger partial charge in [0, 0.05) is 38.0 Å². The highest BCUT2D eigenvalue weighted by atomic mass is 16.5. The molecule has 4 nitrogen and oxygen atoms in total. The molecule has 0 amide bonds. The van der Waals surface area contributed by atoms with Crippen molar-refractivity contribution in [3.63, 3.8) is 0 Å². The van der Waals surface area contributed by atoms with Gasteiger partial charge < -0.3 is 14.6 Å². The molecule has 90 valence electrons. The Labute approximate surface area is 96.2 Å². The Morgan fingerprint density at radius 1 is 1.44 bits per heavy atom. The van der Waals surface area contributed by atoms with Crippen molar-refractivity contribution in [2.24, 2.45) is 0 Å². The van der Waals surface area contributed by atoms with Crippen LogP contribution in [0, 0.1) is 6.92 Å². The Bertz CT molecular complexity index is 385. The van der Waals surface area contributed by atoms with E-state index in [1.165, 1.54) is 0 Å². The molecule has 0 spiro atoms. The predicted molar refractivity (Wildman–Crippen MR) is 64.7 cm³/mol. The number of aryl methyl sites for hydroxylation is 1. The molecule has 0 fully saturated rings. The minimum absolute atomic E-state index is 0.104. The lowest BCUT2D eigenvalue weighted by molar-refractivity contribution is 0.199. The maximum Gasteiger partial charge on any atom is 0.255 e. The first-order valence-corrected chi connectivity index (χ1v) is 5.59. The molecule has 0 saturated carbocycles. The first-order chi connectivity index (χ1) is 7.70. The molecule has 1 aromatic rings. The Kier molecular flexibility index (Phi) is 5.22. The van der Waals surface area contributed by atoms with Crippen LogP contribution in [0.25, 0.3) is 0 Å². The Morgan fingerprint density at radius 3 is 2.81 bits per heavy atom. The van der Waals surface area contributed by atoms with Crippen LogP contribution in [-0.2, 0) is 17.8 Å². The van der Waals surface area contributed by atoms with Gasteiger partial charge in [-0.1, -0.05) is 6.07 Å².